The Balaban J connectivity index is 3.88. The van der Waals surface area contributed by atoms with E-state index in [4.69, 9.17) is 0 Å². The molecular formula is C8H12N2O4S. The second-order valence-corrected chi connectivity index (χ2v) is 4.55. The highest BCUT2D eigenvalue weighted by atomic mass is 32.2. The normalized spacial score (nSPS) is 10.1. The van der Waals surface area contributed by atoms with E-state index in [1.165, 1.54) is 0 Å². The highest BCUT2D eigenvalue weighted by Crippen LogP contribution is 1.87. The minimum atomic E-state index is -3.33. The van der Waals surface area contributed by atoms with Crippen molar-refractivity contribution in [3.63, 3.8) is 0 Å². The summed E-state index contributed by atoms with van der Waals surface area (Å²) in [5.74, 6) is -0.911. The monoisotopic (exact) mass is 232 g/mol. The van der Waals surface area contributed by atoms with E-state index in [9.17, 15) is 18.0 Å². The van der Waals surface area contributed by atoms with Crippen LogP contribution in [0.15, 0.2) is 24.6 Å². The third-order valence-corrected chi connectivity index (χ3v) is 2.63. The van der Waals surface area contributed by atoms with Crippen molar-refractivity contribution >= 4 is 21.8 Å². The zero-order valence-corrected chi connectivity index (χ0v) is 8.84. The van der Waals surface area contributed by atoms with Crippen molar-refractivity contribution in [3.8, 4) is 0 Å². The molecule has 0 aromatic carbocycles. The second kappa shape index (κ2) is 5.97. The number of carbonyl (C=O) groups excluding carboxylic acids is 2. The Morgan fingerprint density at radius 2 is 1.87 bits per heavy atom. The van der Waals surface area contributed by atoms with Gasteiger partial charge < -0.3 is 5.32 Å². The van der Waals surface area contributed by atoms with Crippen molar-refractivity contribution in [2.24, 2.45) is 0 Å². The molecule has 84 valence electrons. The van der Waals surface area contributed by atoms with Gasteiger partial charge in [0, 0.05) is 12.0 Å². The van der Waals surface area contributed by atoms with E-state index >= 15 is 0 Å². The summed E-state index contributed by atoms with van der Waals surface area (Å²) in [7, 11) is -3.33. The summed E-state index contributed by atoms with van der Waals surface area (Å²) >= 11 is 0. The first-order chi connectivity index (χ1) is 6.91. The third-order valence-electron chi connectivity index (χ3n) is 1.35. The number of amides is 3. The lowest BCUT2D eigenvalue weighted by molar-refractivity contribution is -0.115. The molecule has 0 spiro atoms. The van der Waals surface area contributed by atoms with Crippen molar-refractivity contribution in [2.75, 3.05) is 12.3 Å². The average Bonchev–Trinajstić information content (AvgIpc) is 2.17. The van der Waals surface area contributed by atoms with Gasteiger partial charge in [0.05, 0.1) is 5.75 Å². The molecule has 0 unspecified atom stereocenters. The summed E-state index contributed by atoms with van der Waals surface area (Å²) in [5, 5.41) is 4.91. The Kier molecular flexibility index (Phi) is 5.32. The van der Waals surface area contributed by atoms with Crippen LogP contribution in [0.5, 0.6) is 0 Å². The maximum absolute atomic E-state index is 10.9. The van der Waals surface area contributed by atoms with Crippen LogP contribution in [0.4, 0.5) is 4.79 Å². The Labute approximate surface area is 88.0 Å². The summed E-state index contributed by atoms with van der Waals surface area (Å²) in [4.78, 5) is 21.5. The molecule has 0 saturated heterocycles. The highest BCUT2D eigenvalue weighted by molar-refractivity contribution is 7.94. The number of urea groups is 1. The number of rotatable bonds is 5. The highest BCUT2D eigenvalue weighted by Gasteiger charge is 2.07. The largest absolute Gasteiger partial charge is 0.337 e. The first-order valence-electron chi connectivity index (χ1n) is 3.97. The zero-order chi connectivity index (χ0) is 11.9. The predicted molar refractivity (Wildman–Crippen MR) is 55.7 cm³/mol. The molecule has 0 aliphatic heterocycles. The van der Waals surface area contributed by atoms with Gasteiger partial charge in [-0.3, -0.25) is 10.1 Å². The van der Waals surface area contributed by atoms with Gasteiger partial charge in [-0.25, -0.2) is 13.2 Å². The summed E-state index contributed by atoms with van der Waals surface area (Å²) in [6.45, 7) is 6.16. The zero-order valence-electron chi connectivity index (χ0n) is 8.02. The summed E-state index contributed by atoms with van der Waals surface area (Å²) in [6.07, 6.45) is 0.931. The molecular weight excluding hydrogens is 220 g/mol. The molecule has 0 radical (unpaired) electrons. The van der Waals surface area contributed by atoms with Crippen LogP contribution in [-0.4, -0.2) is 32.7 Å². The predicted octanol–water partition coefficient (Wildman–Crippen LogP) is -0.443. The quantitative estimate of drug-likeness (QED) is 0.628. The molecule has 0 aliphatic carbocycles. The van der Waals surface area contributed by atoms with Crippen LogP contribution in [0.1, 0.15) is 0 Å². The number of hydrogen-bond donors (Lipinski definition) is 2. The topological polar surface area (TPSA) is 92.3 Å². The number of carbonyl (C=O) groups is 2. The molecule has 0 saturated carbocycles. The molecule has 0 bridgehead atoms. The van der Waals surface area contributed by atoms with Gasteiger partial charge in [-0.1, -0.05) is 13.2 Å². The minimum absolute atomic E-state index is 0.0926. The van der Waals surface area contributed by atoms with Crippen LogP contribution in [0.2, 0.25) is 0 Å². The third kappa shape index (κ3) is 6.44. The lowest BCUT2D eigenvalue weighted by atomic mass is 10.6. The molecule has 3 amide bonds. The van der Waals surface area contributed by atoms with E-state index < -0.39 is 21.8 Å². The number of imide groups is 1. The first kappa shape index (κ1) is 13.4. The second-order valence-electron chi connectivity index (χ2n) is 2.48. The minimum Gasteiger partial charge on any atom is -0.337 e. The van der Waals surface area contributed by atoms with Gasteiger partial charge in [-0.05, 0) is 6.08 Å². The molecule has 0 aliphatic rings. The van der Waals surface area contributed by atoms with Crippen LogP contribution in [0.25, 0.3) is 0 Å². The fraction of sp³-hybridized carbons (Fsp3) is 0.250. The molecule has 0 atom stereocenters. The summed E-state index contributed by atoms with van der Waals surface area (Å²) in [6, 6.07) is -0.765. The lowest BCUT2D eigenvalue weighted by Crippen LogP contribution is -2.40. The number of hydrogen-bond acceptors (Lipinski definition) is 4. The van der Waals surface area contributed by atoms with E-state index in [-0.39, 0.29) is 12.3 Å². The molecule has 0 aromatic heterocycles. The molecule has 0 rings (SSSR count). The molecule has 0 fully saturated rings. The van der Waals surface area contributed by atoms with E-state index in [2.05, 4.69) is 18.5 Å². The van der Waals surface area contributed by atoms with Crippen molar-refractivity contribution < 1.29 is 18.0 Å². The Morgan fingerprint density at radius 1 is 1.27 bits per heavy atom. The molecule has 7 heteroatoms. The van der Waals surface area contributed by atoms with Gasteiger partial charge >= 0.3 is 6.03 Å². The van der Waals surface area contributed by atoms with Crippen LogP contribution in [0.3, 0.4) is 0 Å². The SMILES string of the molecule is C=CC(=O)NC(=O)NCCS(=O)(=O)C=C. The van der Waals surface area contributed by atoms with Crippen LogP contribution in [-0.2, 0) is 14.6 Å². The van der Waals surface area contributed by atoms with Crippen molar-refractivity contribution in [1.82, 2.24) is 10.6 Å². The van der Waals surface area contributed by atoms with Crippen molar-refractivity contribution in [1.29, 1.82) is 0 Å². The van der Waals surface area contributed by atoms with Crippen LogP contribution in [0, 0.1) is 0 Å². The van der Waals surface area contributed by atoms with Gasteiger partial charge in [-0.15, -0.1) is 0 Å². The molecule has 2 N–H and O–H groups in total. The Morgan fingerprint density at radius 3 is 2.33 bits per heavy atom. The lowest BCUT2D eigenvalue weighted by Gasteiger charge is -2.03. The van der Waals surface area contributed by atoms with Gasteiger partial charge in [0.15, 0.2) is 9.84 Å². The van der Waals surface area contributed by atoms with Gasteiger partial charge in [0.1, 0.15) is 0 Å². The smallest absolute Gasteiger partial charge is 0.321 e. The van der Waals surface area contributed by atoms with Gasteiger partial charge in [0.2, 0.25) is 0 Å². The summed E-state index contributed by atoms with van der Waals surface area (Å²) < 4.78 is 21.8. The van der Waals surface area contributed by atoms with Crippen molar-refractivity contribution in [3.05, 3.63) is 24.6 Å². The number of sulfone groups is 1. The van der Waals surface area contributed by atoms with Crippen LogP contribution < -0.4 is 10.6 Å². The maximum Gasteiger partial charge on any atom is 0.321 e. The Hall–Kier alpha value is -1.63. The standard InChI is InChI=1S/C8H12N2O4S/c1-3-7(11)10-8(12)9-5-6-15(13,14)4-2/h3-4H,1-2,5-6H2,(H2,9,10,11,12). The molecule has 0 aromatic rings. The van der Waals surface area contributed by atoms with E-state index in [0.29, 0.717) is 0 Å². The van der Waals surface area contributed by atoms with Gasteiger partial charge in [-0.2, -0.15) is 0 Å². The fourth-order valence-electron chi connectivity index (χ4n) is 0.597. The van der Waals surface area contributed by atoms with E-state index in [1.54, 1.807) is 0 Å². The number of nitrogens with one attached hydrogen (secondary N) is 2. The van der Waals surface area contributed by atoms with E-state index in [0.717, 1.165) is 11.5 Å². The maximum atomic E-state index is 10.9. The molecule has 15 heavy (non-hydrogen) atoms. The fourth-order valence-corrected chi connectivity index (χ4v) is 1.15. The molecule has 6 nitrogen and oxygen atoms in total. The van der Waals surface area contributed by atoms with Crippen LogP contribution >= 0.6 is 0 Å². The van der Waals surface area contributed by atoms with E-state index in [1.807, 2.05) is 5.32 Å². The average molecular weight is 232 g/mol. The van der Waals surface area contributed by atoms with Crippen molar-refractivity contribution in [2.45, 2.75) is 0 Å². The molecule has 0 heterocycles. The Bertz CT molecular complexity index is 372. The van der Waals surface area contributed by atoms with Gasteiger partial charge in [0.25, 0.3) is 5.91 Å². The summed E-state index contributed by atoms with van der Waals surface area (Å²) in [5.41, 5.74) is 0. The first-order valence-corrected chi connectivity index (χ1v) is 5.69.